The van der Waals surface area contributed by atoms with Crippen LogP contribution in [0.1, 0.15) is 39.7 Å². The molecule has 0 unspecified atom stereocenters. The zero-order valence-corrected chi connectivity index (χ0v) is 20.2. The maximum Gasteiger partial charge on any atom is 0.338 e. The number of rotatable bonds is 8. The fourth-order valence-corrected chi connectivity index (χ4v) is 3.98. The summed E-state index contributed by atoms with van der Waals surface area (Å²) in [6.07, 6.45) is -0.971. The number of nitrogens with zero attached hydrogens (tertiary/aromatic N) is 2. The molecule has 2 heterocycles. The molecule has 3 aromatic rings. The minimum Gasteiger partial charge on any atom is -0.512 e. The summed E-state index contributed by atoms with van der Waals surface area (Å²) in [5.41, 5.74) is 0.162. The molecular formula is C27H26N2O8. The van der Waals surface area contributed by atoms with Gasteiger partial charge in [0.05, 0.1) is 16.9 Å². The lowest BCUT2D eigenvalue weighted by Crippen LogP contribution is -2.40. The number of carbonyl (C=O) groups is 2. The van der Waals surface area contributed by atoms with Crippen LogP contribution in [-0.2, 0) is 18.9 Å². The van der Waals surface area contributed by atoms with E-state index in [9.17, 15) is 19.5 Å². The second-order valence-electron chi connectivity index (χ2n) is 8.28. The molecule has 10 nitrogen and oxygen atoms in total. The number of allylic oxidation sites excluding steroid dienone is 1. The minimum absolute atomic E-state index is 0.0841. The van der Waals surface area contributed by atoms with E-state index in [1.807, 2.05) is 0 Å². The second kappa shape index (κ2) is 11.6. The highest BCUT2D eigenvalue weighted by molar-refractivity contribution is 5.90. The first kappa shape index (κ1) is 25.8. The van der Waals surface area contributed by atoms with Gasteiger partial charge in [0, 0.05) is 25.4 Å². The minimum atomic E-state index is -0.988. The number of methoxy groups -OCH3 is 1. The molecule has 1 aromatic heterocycles. The molecule has 4 rings (SSSR count). The Hall–Kier alpha value is -4.28. The molecule has 1 fully saturated rings. The Kier molecular flexibility index (Phi) is 8.11. The highest BCUT2D eigenvalue weighted by atomic mass is 16.6. The van der Waals surface area contributed by atoms with Crippen LogP contribution in [0.4, 0.5) is 0 Å². The van der Waals surface area contributed by atoms with Crippen molar-refractivity contribution in [3.05, 3.63) is 106 Å². The van der Waals surface area contributed by atoms with Crippen molar-refractivity contribution in [1.29, 1.82) is 0 Å². The lowest BCUT2D eigenvalue weighted by atomic mass is 10.1. The summed E-state index contributed by atoms with van der Waals surface area (Å²) in [6.45, 7) is 1.19. The molecule has 0 aliphatic carbocycles. The number of ether oxygens (including phenoxy) is 4. The van der Waals surface area contributed by atoms with E-state index < -0.39 is 42.0 Å². The Balaban J connectivity index is 1.65. The van der Waals surface area contributed by atoms with Gasteiger partial charge in [-0.3, -0.25) is 4.79 Å². The van der Waals surface area contributed by atoms with Gasteiger partial charge in [0.25, 0.3) is 5.56 Å². The average molecular weight is 507 g/mol. The van der Waals surface area contributed by atoms with Crippen LogP contribution in [0.5, 0.6) is 0 Å². The Labute approximate surface area is 212 Å². The quantitative estimate of drug-likeness (QED) is 0.362. The molecule has 0 bridgehead atoms. The van der Waals surface area contributed by atoms with E-state index in [1.165, 1.54) is 36.9 Å². The molecule has 37 heavy (non-hydrogen) atoms. The second-order valence-corrected chi connectivity index (χ2v) is 8.28. The van der Waals surface area contributed by atoms with Gasteiger partial charge in [-0.05, 0) is 31.2 Å². The van der Waals surface area contributed by atoms with Crippen molar-refractivity contribution in [2.45, 2.75) is 31.5 Å². The topological polar surface area (TPSA) is 126 Å². The highest BCUT2D eigenvalue weighted by Crippen LogP contribution is 2.35. The van der Waals surface area contributed by atoms with Gasteiger partial charge >= 0.3 is 11.9 Å². The summed E-state index contributed by atoms with van der Waals surface area (Å²) in [4.78, 5) is 41.3. The maximum atomic E-state index is 12.9. The molecule has 0 spiro atoms. The number of esters is 2. The smallest absolute Gasteiger partial charge is 0.338 e. The number of hydrogen-bond donors (Lipinski definition) is 1. The van der Waals surface area contributed by atoms with Gasteiger partial charge in [-0.15, -0.1) is 0 Å². The Morgan fingerprint density at radius 1 is 1.00 bits per heavy atom. The molecular weight excluding hydrogens is 480 g/mol. The van der Waals surface area contributed by atoms with E-state index in [-0.39, 0.29) is 18.2 Å². The molecule has 1 saturated heterocycles. The predicted molar refractivity (Wildman–Crippen MR) is 132 cm³/mol. The molecule has 1 N–H and O–H groups in total. The third kappa shape index (κ3) is 6.11. The molecule has 1 aliphatic heterocycles. The van der Waals surface area contributed by atoms with E-state index in [0.29, 0.717) is 11.1 Å². The molecule has 192 valence electrons. The zero-order valence-electron chi connectivity index (χ0n) is 20.2. The highest BCUT2D eigenvalue weighted by Gasteiger charge is 2.49. The molecule has 1 aliphatic rings. The van der Waals surface area contributed by atoms with Gasteiger partial charge in [-0.2, -0.15) is 4.98 Å². The normalized spacial score (nSPS) is 21.4. The molecule has 0 radical (unpaired) electrons. The lowest BCUT2D eigenvalue weighted by Gasteiger charge is -2.24. The van der Waals surface area contributed by atoms with Gasteiger partial charge < -0.3 is 28.6 Å². The standard InChI is InChI=1S/C27H26N2O8/c1-17(30)15-21-28-22(31)13-14-29(21)25-24(34-2)23(37-27(33)19-11-7-4-8-12-19)20(36-25)16-35-26(32)18-9-5-3-6-10-18/h3-15,20,23-25,30H,16H2,1-2H3/b17-15-/t20-,23-,24-,25-/m1/s1. The summed E-state index contributed by atoms with van der Waals surface area (Å²) in [7, 11) is 1.42. The van der Waals surface area contributed by atoms with E-state index >= 15 is 0 Å². The molecule has 0 saturated carbocycles. The van der Waals surface area contributed by atoms with Crippen molar-refractivity contribution in [3.63, 3.8) is 0 Å². The summed E-state index contributed by atoms with van der Waals surface area (Å²) in [5.74, 6) is -1.16. The first-order valence-electron chi connectivity index (χ1n) is 11.5. The first-order valence-corrected chi connectivity index (χ1v) is 11.5. The molecule has 0 amide bonds. The average Bonchev–Trinajstić information content (AvgIpc) is 3.24. The van der Waals surface area contributed by atoms with Crippen molar-refractivity contribution in [2.75, 3.05) is 13.7 Å². The molecule has 4 atom stereocenters. The first-order chi connectivity index (χ1) is 17.9. The molecule has 10 heteroatoms. The van der Waals surface area contributed by atoms with Gasteiger partial charge in [-0.25, -0.2) is 9.59 Å². The number of hydrogen-bond acceptors (Lipinski definition) is 9. The van der Waals surface area contributed by atoms with Crippen LogP contribution in [0.15, 0.2) is 83.5 Å². The van der Waals surface area contributed by atoms with Crippen LogP contribution in [0.2, 0.25) is 0 Å². The Bertz CT molecular complexity index is 1320. The summed E-state index contributed by atoms with van der Waals surface area (Å²) < 4.78 is 24.6. The number of aromatic nitrogens is 2. The number of aliphatic hydroxyl groups is 1. The lowest BCUT2D eigenvalue weighted by molar-refractivity contribution is -0.0645. The van der Waals surface area contributed by atoms with Gasteiger partial charge in [0.15, 0.2) is 12.3 Å². The van der Waals surface area contributed by atoms with Crippen molar-refractivity contribution < 1.29 is 33.6 Å². The van der Waals surface area contributed by atoms with Crippen LogP contribution >= 0.6 is 0 Å². The van der Waals surface area contributed by atoms with E-state index in [0.717, 1.165) is 0 Å². The zero-order chi connectivity index (χ0) is 26.4. The Morgan fingerprint density at radius 3 is 2.22 bits per heavy atom. The molecule has 2 aromatic carbocycles. The van der Waals surface area contributed by atoms with Gasteiger partial charge in [-0.1, -0.05) is 36.4 Å². The number of carbonyl (C=O) groups excluding carboxylic acids is 2. The third-order valence-electron chi connectivity index (χ3n) is 5.68. The summed E-state index contributed by atoms with van der Waals surface area (Å²) >= 11 is 0. The van der Waals surface area contributed by atoms with E-state index in [4.69, 9.17) is 18.9 Å². The van der Waals surface area contributed by atoms with Crippen LogP contribution in [0.25, 0.3) is 6.08 Å². The van der Waals surface area contributed by atoms with Crippen LogP contribution < -0.4 is 5.56 Å². The number of aliphatic hydroxyl groups excluding tert-OH is 1. The fraction of sp³-hybridized carbons (Fsp3) is 0.259. The van der Waals surface area contributed by atoms with Gasteiger partial charge in [0.1, 0.15) is 24.6 Å². The third-order valence-corrected chi connectivity index (χ3v) is 5.68. The largest absolute Gasteiger partial charge is 0.512 e. The van der Waals surface area contributed by atoms with Crippen LogP contribution in [-0.4, -0.2) is 58.6 Å². The SMILES string of the molecule is CO[C@@H]1[C@H](OC(=O)c2ccccc2)[C@@H](COC(=O)c2ccccc2)O[C@H]1n1ccc(=O)nc1/C=C(/C)O. The maximum absolute atomic E-state index is 12.9. The van der Waals surface area contributed by atoms with Crippen molar-refractivity contribution in [2.24, 2.45) is 0 Å². The number of benzene rings is 2. The van der Waals surface area contributed by atoms with Crippen molar-refractivity contribution in [1.82, 2.24) is 9.55 Å². The van der Waals surface area contributed by atoms with Crippen molar-refractivity contribution in [3.8, 4) is 0 Å². The Morgan fingerprint density at radius 2 is 1.62 bits per heavy atom. The van der Waals surface area contributed by atoms with Crippen LogP contribution in [0, 0.1) is 0 Å². The monoisotopic (exact) mass is 506 g/mol. The van der Waals surface area contributed by atoms with E-state index in [2.05, 4.69) is 4.98 Å². The van der Waals surface area contributed by atoms with Crippen LogP contribution in [0.3, 0.4) is 0 Å². The van der Waals surface area contributed by atoms with E-state index in [1.54, 1.807) is 60.7 Å². The summed E-state index contributed by atoms with van der Waals surface area (Å²) in [5, 5.41) is 9.80. The van der Waals surface area contributed by atoms with Crippen molar-refractivity contribution >= 4 is 18.0 Å². The predicted octanol–water partition coefficient (Wildman–Crippen LogP) is 3.16. The fourth-order valence-electron chi connectivity index (χ4n) is 3.98. The summed E-state index contributed by atoms with van der Waals surface area (Å²) in [6, 6.07) is 18.1. The van der Waals surface area contributed by atoms with Gasteiger partial charge in [0.2, 0.25) is 0 Å².